The maximum atomic E-state index is 10.8. The van der Waals surface area contributed by atoms with Crippen molar-refractivity contribution in [2.45, 2.75) is 6.92 Å². The van der Waals surface area contributed by atoms with Gasteiger partial charge in [0.25, 0.3) is 0 Å². The lowest BCUT2D eigenvalue weighted by atomic mass is 10.3. The number of amides is 1. The van der Waals surface area contributed by atoms with Crippen LogP contribution in [0.3, 0.4) is 0 Å². The largest absolute Gasteiger partial charge is 0.463 e. The second-order valence-corrected chi connectivity index (χ2v) is 3.50. The normalized spacial score (nSPS) is 10.6. The molecule has 2 rings (SSSR count). The maximum Gasteiger partial charge on any atom is 0.221 e. The highest BCUT2D eigenvalue weighted by molar-refractivity contribution is 5.88. The van der Waals surface area contributed by atoms with Gasteiger partial charge in [-0.15, -0.1) is 0 Å². The van der Waals surface area contributed by atoms with Gasteiger partial charge in [-0.3, -0.25) is 9.79 Å². The second-order valence-electron chi connectivity index (χ2n) is 3.50. The molecule has 0 saturated heterocycles. The predicted octanol–water partition coefficient (Wildman–Crippen LogP) is 2.99. The molecule has 1 amide bonds. The van der Waals surface area contributed by atoms with Crippen LogP contribution in [-0.4, -0.2) is 12.1 Å². The zero-order valence-corrected chi connectivity index (χ0v) is 9.38. The lowest BCUT2D eigenvalue weighted by molar-refractivity contribution is -0.114. The molecule has 0 aliphatic carbocycles. The number of hydrogen-bond donors (Lipinski definition) is 1. The fraction of sp³-hybridized carbons (Fsp3) is 0.0769. The van der Waals surface area contributed by atoms with Gasteiger partial charge in [0.05, 0.1) is 18.2 Å². The Morgan fingerprint density at radius 1 is 1.29 bits per heavy atom. The van der Waals surface area contributed by atoms with Crippen LogP contribution in [0.4, 0.5) is 11.4 Å². The van der Waals surface area contributed by atoms with Crippen LogP contribution < -0.4 is 5.32 Å². The van der Waals surface area contributed by atoms with E-state index in [1.54, 1.807) is 30.7 Å². The van der Waals surface area contributed by atoms with E-state index < -0.39 is 0 Å². The monoisotopic (exact) mass is 228 g/mol. The fourth-order valence-electron chi connectivity index (χ4n) is 1.34. The zero-order valence-electron chi connectivity index (χ0n) is 9.38. The van der Waals surface area contributed by atoms with Crippen molar-refractivity contribution in [1.29, 1.82) is 0 Å². The Bertz CT molecular complexity index is 513. The minimum absolute atomic E-state index is 0.0863. The number of furan rings is 1. The van der Waals surface area contributed by atoms with Gasteiger partial charge in [-0.1, -0.05) is 0 Å². The maximum absolute atomic E-state index is 10.8. The smallest absolute Gasteiger partial charge is 0.221 e. The molecular formula is C13H12N2O2. The van der Waals surface area contributed by atoms with Crippen molar-refractivity contribution in [2.24, 2.45) is 4.99 Å². The Kier molecular flexibility index (Phi) is 3.35. The third kappa shape index (κ3) is 3.31. The van der Waals surface area contributed by atoms with Gasteiger partial charge in [-0.25, -0.2) is 0 Å². The van der Waals surface area contributed by atoms with Crippen LogP contribution >= 0.6 is 0 Å². The number of aliphatic imine (C=N–C) groups is 1. The van der Waals surface area contributed by atoms with E-state index in [1.807, 2.05) is 18.2 Å². The minimum Gasteiger partial charge on any atom is -0.463 e. The number of anilines is 1. The van der Waals surface area contributed by atoms with Crippen molar-refractivity contribution in [3.05, 3.63) is 48.4 Å². The highest BCUT2D eigenvalue weighted by Crippen LogP contribution is 2.16. The first-order chi connectivity index (χ1) is 8.24. The number of benzene rings is 1. The molecule has 0 fully saturated rings. The van der Waals surface area contributed by atoms with E-state index in [0.717, 1.165) is 11.4 Å². The number of carbonyl (C=O) groups is 1. The summed E-state index contributed by atoms with van der Waals surface area (Å²) >= 11 is 0. The number of nitrogens with zero attached hydrogens (tertiary/aromatic N) is 1. The molecule has 2 aromatic rings. The predicted molar refractivity (Wildman–Crippen MR) is 66.7 cm³/mol. The molecule has 0 aliphatic rings. The molecule has 4 nitrogen and oxygen atoms in total. The highest BCUT2D eigenvalue weighted by atomic mass is 16.3. The number of nitrogens with one attached hydrogen (secondary N) is 1. The van der Waals surface area contributed by atoms with Gasteiger partial charge in [0.1, 0.15) is 5.76 Å². The van der Waals surface area contributed by atoms with Gasteiger partial charge in [0.15, 0.2) is 0 Å². The molecule has 0 bridgehead atoms. The van der Waals surface area contributed by atoms with Gasteiger partial charge in [-0.2, -0.15) is 0 Å². The summed E-state index contributed by atoms with van der Waals surface area (Å²) in [4.78, 5) is 15.1. The first-order valence-corrected chi connectivity index (χ1v) is 5.19. The Labute approximate surface area is 99.0 Å². The summed E-state index contributed by atoms with van der Waals surface area (Å²) in [5.74, 6) is 0.618. The molecule has 4 heteroatoms. The molecule has 0 atom stereocenters. The summed E-state index contributed by atoms with van der Waals surface area (Å²) < 4.78 is 5.13. The molecule has 0 unspecified atom stereocenters. The van der Waals surface area contributed by atoms with Gasteiger partial charge in [-0.05, 0) is 36.4 Å². The summed E-state index contributed by atoms with van der Waals surface area (Å²) in [6.45, 7) is 1.48. The third-order valence-corrected chi connectivity index (χ3v) is 2.07. The molecule has 1 aromatic carbocycles. The average molecular weight is 228 g/mol. The van der Waals surface area contributed by atoms with Crippen molar-refractivity contribution in [1.82, 2.24) is 0 Å². The summed E-state index contributed by atoms with van der Waals surface area (Å²) in [6, 6.07) is 10.9. The Hall–Kier alpha value is -2.36. The van der Waals surface area contributed by atoms with Crippen LogP contribution in [0.5, 0.6) is 0 Å². The number of carbonyl (C=O) groups excluding carboxylic acids is 1. The third-order valence-electron chi connectivity index (χ3n) is 2.07. The first-order valence-electron chi connectivity index (χ1n) is 5.19. The number of rotatable bonds is 3. The van der Waals surface area contributed by atoms with Crippen LogP contribution in [0.15, 0.2) is 52.1 Å². The Morgan fingerprint density at radius 2 is 2.06 bits per heavy atom. The topological polar surface area (TPSA) is 54.6 Å². The van der Waals surface area contributed by atoms with E-state index in [2.05, 4.69) is 10.3 Å². The van der Waals surface area contributed by atoms with E-state index in [-0.39, 0.29) is 5.91 Å². The lowest BCUT2D eigenvalue weighted by Gasteiger charge is -2.01. The van der Waals surface area contributed by atoms with Crippen LogP contribution in [0.1, 0.15) is 12.7 Å². The van der Waals surface area contributed by atoms with E-state index in [0.29, 0.717) is 5.76 Å². The van der Waals surface area contributed by atoms with Crippen molar-refractivity contribution in [2.75, 3.05) is 5.32 Å². The van der Waals surface area contributed by atoms with E-state index >= 15 is 0 Å². The van der Waals surface area contributed by atoms with E-state index in [4.69, 9.17) is 4.42 Å². The molecule has 1 N–H and O–H groups in total. The average Bonchev–Trinajstić information content (AvgIpc) is 2.80. The summed E-state index contributed by atoms with van der Waals surface area (Å²) in [7, 11) is 0. The van der Waals surface area contributed by atoms with Gasteiger partial charge in [0.2, 0.25) is 5.91 Å². The van der Waals surface area contributed by atoms with Crippen molar-refractivity contribution in [3.8, 4) is 0 Å². The fourth-order valence-corrected chi connectivity index (χ4v) is 1.34. The van der Waals surface area contributed by atoms with Crippen molar-refractivity contribution < 1.29 is 9.21 Å². The summed E-state index contributed by atoms with van der Waals surface area (Å²) in [5, 5.41) is 2.69. The second kappa shape index (κ2) is 5.12. The minimum atomic E-state index is -0.0863. The van der Waals surface area contributed by atoms with E-state index in [9.17, 15) is 4.79 Å². The van der Waals surface area contributed by atoms with Crippen LogP contribution in [-0.2, 0) is 4.79 Å². The Morgan fingerprint density at radius 3 is 2.65 bits per heavy atom. The molecule has 17 heavy (non-hydrogen) atoms. The number of hydrogen-bond acceptors (Lipinski definition) is 3. The zero-order chi connectivity index (χ0) is 12.1. The molecule has 0 radical (unpaired) electrons. The molecule has 0 aliphatic heterocycles. The standard InChI is InChI=1S/C13H12N2O2/c1-10(16)15-12-6-4-11(5-7-12)14-9-13-3-2-8-17-13/h2-9H,1H3,(H,15,16). The molecule has 0 saturated carbocycles. The summed E-state index contributed by atoms with van der Waals surface area (Å²) in [6.07, 6.45) is 3.24. The van der Waals surface area contributed by atoms with Gasteiger partial charge in [0, 0.05) is 12.6 Å². The molecule has 1 aromatic heterocycles. The Balaban J connectivity index is 2.05. The summed E-state index contributed by atoms with van der Waals surface area (Å²) in [5.41, 5.74) is 1.56. The van der Waals surface area contributed by atoms with Gasteiger partial charge >= 0.3 is 0 Å². The molecule has 0 spiro atoms. The molecular weight excluding hydrogens is 216 g/mol. The van der Waals surface area contributed by atoms with Crippen LogP contribution in [0, 0.1) is 0 Å². The van der Waals surface area contributed by atoms with Crippen LogP contribution in [0.25, 0.3) is 0 Å². The SMILES string of the molecule is CC(=O)Nc1ccc(N=Cc2ccco2)cc1. The molecule has 86 valence electrons. The first kappa shape index (κ1) is 11.1. The lowest BCUT2D eigenvalue weighted by Crippen LogP contribution is -2.04. The van der Waals surface area contributed by atoms with E-state index in [1.165, 1.54) is 6.92 Å². The van der Waals surface area contributed by atoms with Crippen molar-refractivity contribution >= 4 is 23.5 Å². The van der Waals surface area contributed by atoms with Gasteiger partial charge < -0.3 is 9.73 Å². The van der Waals surface area contributed by atoms with Crippen molar-refractivity contribution in [3.63, 3.8) is 0 Å². The highest BCUT2D eigenvalue weighted by Gasteiger charge is 1.95. The molecule has 1 heterocycles. The van der Waals surface area contributed by atoms with Crippen LogP contribution in [0.2, 0.25) is 0 Å². The quantitative estimate of drug-likeness (QED) is 0.821.